The molecule has 0 bridgehead atoms. The summed E-state index contributed by atoms with van der Waals surface area (Å²) in [6.45, 7) is 4.46. The van der Waals surface area contributed by atoms with Crippen LogP contribution in [0, 0.1) is 0 Å². The zero-order valence-electron chi connectivity index (χ0n) is 19.2. The van der Waals surface area contributed by atoms with Crippen molar-refractivity contribution in [2.75, 3.05) is 18.1 Å². The Morgan fingerprint density at radius 1 is 0.710 bits per heavy atom. The average Bonchev–Trinajstić information content (AvgIpc) is 3.39. The fourth-order valence-corrected chi connectivity index (χ4v) is 4.89. The molecular weight excluding hydrogens is 491 g/mol. The predicted molar refractivity (Wildman–Crippen MR) is 145 cm³/mol. The van der Waals surface area contributed by atoms with Crippen LogP contribution < -0.4 is 4.90 Å². The summed E-state index contributed by atoms with van der Waals surface area (Å²) in [6, 6.07) is 15.8. The highest BCUT2D eigenvalue weighted by Crippen LogP contribution is 2.38. The summed E-state index contributed by atoms with van der Waals surface area (Å²) < 4.78 is 0. The van der Waals surface area contributed by atoms with E-state index >= 15 is 0 Å². The molecule has 0 saturated heterocycles. The van der Waals surface area contributed by atoms with Gasteiger partial charge >= 0.3 is 0 Å². The summed E-state index contributed by atoms with van der Waals surface area (Å²) in [5, 5.41) is 0. The normalized spacial score (nSPS) is 14.0. The van der Waals surface area contributed by atoms with Gasteiger partial charge in [0.2, 0.25) is 0 Å². The highest BCUT2D eigenvalue weighted by Gasteiger charge is 2.20. The monoisotopic (exact) mass is 530 g/mol. The zero-order valence-corrected chi connectivity index (χ0v) is 21.5. The minimum atomic E-state index is 0. The fraction of sp³-hybridized carbons (Fsp3) is 0.500. The first-order valence-corrected chi connectivity index (χ1v) is 12.3. The summed E-state index contributed by atoms with van der Waals surface area (Å²) in [5.41, 5.74) is 7.08. The fourth-order valence-electron chi connectivity index (χ4n) is 4.89. The van der Waals surface area contributed by atoms with Gasteiger partial charge in [-0.1, -0.05) is 95.0 Å². The molecule has 0 fully saturated rings. The van der Waals surface area contributed by atoms with E-state index in [1.807, 2.05) is 0 Å². The summed E-state index contributed by atoms with van der Waals surface area (Å²) in [5.74, 6) is 0. The number of unbranched alkanes of at least 4 members (excludes halogenated alkanes) is 9. The maximum absolute atomic E-state index is 2.47. The van der Waals surface area contributed by atoms with E-state index in [-0.39, 0.29) is 24.0 Å². The molecule has 1 heterocycles. The van der Waals surface area contributed by atoms with Gasteiger partial charge in [0.25, 0.3) is 0 Å². The van der Waals surface area contributed by atoms with E-state index in [9.17, 15) is 0 Å². The van der Waals surface area contributed by atoms with E-state index in [0.717, 1.165) is 13.1 Å². The van der Waals surface area contributed by atoms with E-state index in [1.54, 1.807) is 0 Å². The van der Waals surface area contributed by atoms with Crippen molar-refractivity contribution in [3.63, 3.8) is 0 Å². The quantitative estimate of drug-likeness (QED) is 0.172. The molecule has 31 heavy (non-hydrogen) atoms. The summed E-state index contributed by atoms with van der Waals surface area (Å²) in [6.07, 6.45) is 19.6. The van der Waals surface area contributed by atoms with Gasteiger partial charge < -0.3 is 9.80 Å². The van der Waals surface area contributed by atoms with E-state index in [4.69, 9.17) is 0 Å². The molecule has 168 valence electrons. The van der Waals surface area contributed by atoms with Crippen molar-refractivity contribution < 1.29 is 0 Å². The van der Waals surface area contributed by atoms with Crippen molar-refractivity contribution in [3.8, 4) is 11.1 Å². The molecule has 2 nitrogen and oxygen atoms in total. The predicted octanol–water partition coefficient (Wildman–Crippen LogP) is 8.35. The maximum Gasteiger partial charge on any atom is 0.0941 e. The number of hydrogen-bond acceptors (Lipinski definition) is 2. The molecule has 4 rings (SSSR count). The van der Waals surface area contributed by atoms with Crippen molar-refractivity contribution in [2.45, 2.75) is 77.6 Å². The maximum atomic E-state index is 2.47. The molecule has 0 unspecified atom stereocenters. The van der Waals surface area contributed by atoms with Crippen LogP contribution in [0.4, 0.5) is 5.69 Å². The van der Waals surface area contributed by atoms with Crippen LogP contribution in [0.3, 0.4) is 0 Å². The molecule has 2 aliphatic rings. The number of benzene rings is 2. The Morgan fingerprint density at radius 3 is 2.16 bits per heavy atom. The molecular formula is C28H39IN2. The van der Waals surface area contributed by atoms with Gasteiger partial charge in [-0.25, -0.2) is 0 Å². The van der Waals surface area contributed by atoms with E-state index in [0.29, 0.717) is 0 Å². The topological polar surface area (TPSA) is 6.48 Å². The number of hydrogen-bond donors (Lipinski definition) is 0. The Labute approximate surface area is 206 Å². The summed E-state index contributed by atoms with van der Waals surface area (Å²) >= 11 is 0. The van der Waals surface area contributed by atoms with Gasteiger partial charge in [0.15, 0.2) is 0 Å². The highest BCUT2D eigenvalue weighted by atomic mass is 127. The van der Waals surface area contributed by atoms with Crippen molar-refractivity contribution in [2.24, 2.45) is 0 Å². The second-order valence-corrected chi connectivity index (χ2v) is 9.08. The molecule has 0 spiro atoms. The van der Waals surface area contributed by atoms with Gasteiger partial charge in [0, 0.05) is 24.6 Å². The van der Waals surface area contributed by atoms with Crippen LogP contribution in [0.15, 0.2) is 54.9 Å². The lowest BCUT2D eigenvalue weighted by atomic mass is 10.1. The van der Waals surface area contributed by atoms with Crippen molar-refractivity contribution in [3.05, 3.63) is 66.0 Å². The van der Waals surface area contributed by atoms with Crippen LogP contribution in [0.25, 0.3) is 11.1 Å². The molecule has 1 aliphatic carbocycles. The second-order valence-electron chi connectivity index (χ2n) is 9.08. The molecule has 2 aromatic rings. The van der Waals surface area contributed by atoms with Gasteiger partial charge in [-0.3, -0.25) is 0 Å². The number of rotatable bonds is 12. The third kappa shape index (κ3) is 6.50. The van der Waals surface area contributed by atoms with Gasteiger partial charge in [-0.2, -0.15) is 0 Å². The van der Waals surface area contributed by atoms with Crippen LogP contribution in [-0.4, -0.2) is 18.1 Å². The van der Waals surface area contributed by atoms with Crippen molar-refractivity contribution in [1.82, 2.24) is 4.90 Å². The van der Waals surface area contributed by atoms with Gasteiger partial charge in [-0.05, 0) is 47.2 Å². The first-order valence-electron chi connectivity index (χ1n) is 12.3. The minimum Gasteiger partial charge on any atom is -0.358 e. The van der Waals surface area contributed by atoms with Gasteiger partial charge in [0.1, 0.15) is 0 Å². The summed E-state index contributed by atoms with van der Waals surface area (Å²) in [4.78, 5) is 4.85. The number of nitrogens with zero attached hydrogens (tertiary/aromatic N) is 2. The summed E-state index contributed by atoms with van der Waals surface area (Å²) in [7, 11) is 0. The first kappa shape index (κ1) is 24.2. The number of halogens is 1. The van der Waals surface area contributed by atoms with Crippen LogP contribution in [0.1, 0.15) is 82.3 Å². The zero-order chi connectivity index (χ0) is 20.6. The Kier molecular flexibility index (Phi) is 9.76. The Bertz CT molecular complexity index is 845. The van der Waals surface area contributed by atoms with Crippen LogP contribution in [0.2, 0.25) is 0 Å². The molecule has 0 amide bonds. The lowest BCUT2D eigenvalue weighted by molar-refractivity contribution is 0.388. The minimum absolute atomic E-state index is 0. The molecule has 0 aromatic heterocycles. The van der Waals surface area contributed by atoms with Crippen LogP contribution in [-0.2, 0) is 6.42 Å². The number of anilines is 1. The smallest absolute Gasteiger partial charge is 0.0941 e. The molecule has 0 radical (unpaired) electrons. The lowest BCUT2D eigenvalue weighted by Crippen LogP contribution is -2.25. The van der Waals surface area contributed by atoms with Crippen molar-refractivity contribution >= 4 is 29.7 Å². The van der Waals surface area contributed by atoms with Gasteiger partial charge in [0.05, 0.1) is 6.67 Å². The molecule has 3 heteroatoms. The molecule has 1 aliphatic heterocycles. The third-order valence-electron chi connectivity index (χ3n) is 6.70. The van der Waals surface area contributed by atoms with E-state index in [1.165, 1.54) is 98.7 Å². The Balaban J connectivity index is 0.00000272. The van der Waals surface area contributed by atoms with Crippen molar-refractivity contribution in [1.29, 1.82) is 0 Å². The largest absolute Gasteiger partial charge is 0.358 e. The molecule has 0 saturated carbocycles. The van der Waals surface area contributed by atoms with Crippen LogP contribution >= 0.6 is 24.0 Å². The molecule has 0 atom stereocenters. The van der Waals surface area contributed by atoms with E-state index in [2.05, 4.69) is 71.6 Å². The Hall–Kier alpha value is -1.49. The number of fused-ring (bicyclic) bond motifs is 3. The molecule has 0 N–H and O–H groups in total. The Morgan fingerprint density at radius 2 is 1.39 bits per heavy atom. The SMILES string of the molecule is CCCCCCCCCCCCN1C=CN(c2ccc3c(c2)Cc2ccccc2-3)C1.I. The third-order valence-corrected chi connectivity index (χ3v) is 6.70. The highest BCUT2D eigenvalue weighted by molar-refractivity contribution is 14.0. The molecule has 2 aromatic carbocycles. The average molecular weight is 531 g/mol. The first-order chi connectivity index (χ1) is 14.8. The standard InChI is InChI=1S/C28H38N2.HI/c1-2-3-4-5-6-7-8-9-10-13-18-29-19-20-30(23-29)26-16-17-28-25(22-26)21-24-14-11-12-15-27(24)28;/h11-12,14-17,19-20,22H,2-10,13,18,21,23H2,1H3;1H. The van der Waals surface area contributed by atoms with Gasteiger partial charge in [-0.15, -0.1) is 24.0 Å². The lowest BCUT2D eigenvalue weighted by Gasteiger charge is -2.22. The second kappa shape index (κ2) is 12.5. The van der Waals surface area contributed by atoms with Crippen LogP contribution in [0.5, 0.6) is 0 Å². The van der Waals surface area contributed by atoms with E-state index < -0.39 is 0 Å².